The van der Waals surface area contributed by atoms with E-state index in [1.54, 1.807) is 0 Å². The second kappa shape index (κ2) is 11.9. The Kier molecular flexibility index (Phi) is 7.12. The quantitative estimate of drug-likeness (QED) is 0.191. The highest BCUT2D eigenvalue weighted by molar-refractivity contribution is 8.00. The fraction of sp³-hybridized carbons (Fsp3) is 0.143. The lowest BCUT2D eigenvalue weighted by Crippen LogP contribution is -2.35. The van der Waals surface area contributed by atoms with Gasteiger partial charge in [-0.2, -0.15) is 0 Å². The SMILES string of the molecule is C1=CC(C2=CC(C3Nc4c(ccc5ccc6cc(C7N=C(c8ccccc8)NC(c8ccccc8)=N7)ccc6c45)S3)CC=C2)=CCC1. The van der Waals surface area contributed by atoms with Gasteiger partial charge in [-0.1, -0.05) is 139 Å². The van der Waals surface area contributed by atoms with E-state index in [1.807, 2.05) is 48.2 Å². The molecule has 2 heterocycles. The first kappa shape index (κ1) is 28.1. The first-order valence-electron chi connectivity index (χ1n) is 16.5. The molecule has 0 saturated heterocycles. The third-order valence-electron chi connectivity index (χ3n) is 9.48. The van der Waals surface area contributed by atoms with Gasteiger partial charge < -0.3 is 10.6 Å². The summed E-state index contributed by atoms with van der Waals surface area (Å²) in [5, 5.41) is 12.8. The van der Waals surface area contributed by atoms with Crippen molar-refractivity contribution in [3.05, 3.63) is 167 Å². The van der Waals surface area contributed by atoms with E-state index in [0.29, 0.717) is 11.3 Å². The van der Waals surface area contributed by atoms with E-state index in [-0.39, 0.29) is 6.17 Å². The number of nitrogens with zero attached hydrogens (tertiary/aromatic N) is 2. The predicted molar refractivity (Wildman–Crippen MR) is 198 cm³/mol. The van der Waals surface area contributed by atoms with Crippen LogP contribution < -0.4 is 10.6 Å². The van der Waals surface area contributed by atoms with Crippen LogP contribution in [-0.2, 0) is 0 Å². The number of fused-ring (bicyclic) bond motifs is 5. The Balaban J connectivity index is 1.07. The number of hydrogen-bond donors (Lipinski definition) is 2. The minimum Gasteiger partial charge on any atom is -0.371 e. The average Bonchev–Trinajstić information content (AvgIpc) is 3.60. The van der Waals surface area contributed by atoms with Gasteiger partial charge in [0.1, 0.15) is 11.7 Å². The van der Waals surface area contributed by atoms with Crippen molar-refractivity contribution >= 4 is 50.7 Å². The van der Waals surface area contributed by atoms with E-state index >= 15 is 0 Å². The van der Waals surface area contributed by atoms with Gasteiger partial charge in [-0.05, 0) is 64.3 Å². The highest BCUT2D eigenvalue weighted by Gasteiger charge is 2.30. The predicted octanol–water partition coefficient (Wildman–Crippen LogP) is 10.1. The van der Waals surface area contributed by atoms with Gasteiger partial charge in [-0.3, -0.25) is 0 Å². The third-order valence-corrected chi connectivity index (χ3v) is 10.8. The molecule has 0 saturated carbocycles. The summed E-state index contributed by atoms with van der Waals surface area (Å²) in [6, 6.07) is 36.4. The van der Waals surface area contributed by atoms with Crippen LogP contribution >= 0.6 is 11.8 Å². The maximum atomic E-state index is 5.11. The van der Waals surface area contributed by atoms with Gasteiger partial charge in [0, 0.05) is 27.3 Å². The molecule has 4 aliphatic rings. The van der Waals surface area contributed by atoms with E-state index in [4.69, 9.17) is 9.98 Å². The average molecular weight is 627 g/mol. The molecule has 2 atom stereocenters. The van der Waals surface area contributed by atoms with E-state index in [1.165, 1.54) is 43.3 Å². The lowest BCUT2D eigenvalue weighted by atomic mass is 9.90. The number of aliphatic imine (C=N–C) groups is 2. The third kappa shape index (κ3) is 5.31. The number of allylic oxidation sites excluding steroid dienone is 7. The Bertz CT molecular complexity index is 2150. The van der Waals surface area contributed by atoms with Crippen molar-refractivity contribution < 1.29 is 0 Å². The van der Waals surface area contributed by atoms with Crippen molar-refractivity contribution in [2.24, 2.45) is 15.9 Å². The van der Waals surface area contributed by atoms with Crippen LogP contribution in [0.3, 0.4) is 0 Å². The van der Waals surface area contributed by atoms with Crippen molar-refractivity contribution in [1.82, 2.24) is 5.32 Å². The zero-order chi connectivity index (χ0) is 31.2. The fourth-order valence-electron chi connectivity index (χ4n) is 7.08. The zero-order valence-electron chi connectivity index (χ0n) is 25.9. The van der Waals surface area contributed by atoms with Crippen LogP contribution in [0.15, 0.2) is 166 Å². The molecule has 47 heavy (non-hydrogen) atoms. The molecule has 5 aromatic rings. The molecule has 9 rings (SSSR count). The Morgan fingerprint density at radius 1 is 0.681 bits per heavy atom. The molecule has 4 nitrogen and oxygen atoms in total. The van der Waals surface area contributed by atoms with E-state index in [2.05, 4.69) is 114 Å². The molecule has 2 N–H and O–H groups in total. The molecule has 5 heteroatoms. The molecule has 5 aromatic carbocycles. The van der Waals surface area contributed by atoms with Gasteiger partial charge in [-0.15, -0.1) is 0 Å². The lowest BCUT2D eigenvalue weighted by Gasteiger charge is -2.24. The molecule has 0 aromatic heterocycles. The molecule has 0 spiro atoms. The standard InChI is InChI=1S/C42H34N4S/c1-4-11-27(12-5-1)31-17-10-18-34(25-31)42-43-38-36(47-42)24-22-28-19-20-32-26-33(21-23-35(32)37(28)38)41-45-39(29-13-6-2-7-14-29)44-40(46-41)30-15-8-3-9-16-30/h2-4,6-17,19-26,34,41-43H,1,5,18H2,(H,44,45,46). The van der Waals surface area contributed by atoms with Gasteiger partial charge in [0.15, 0.2) is 6.17 Å². The molecule has 228 valence electrons. The van der Waals surface area contributed by atoms with Crippen molar-refractivity contribution in [2.45, 2.75) is 35.7 Å². The smallest absolute Gasteiger partial charge is 0.169 e. The Morgan fingerprint density at radius 3 is 2.15 bits per heavy atom. The van der Waals surface area contributed by atoms with Gasteiger partial charge in [0.2, 0.25) is 0 Å². The molecular weight excluding hydrogens is 593 g/mol. The van der Waals surface area contributed by atoms with Crippen molar-refractivity contribution in [3.8, 4) is 0 Å². The van der Waals surface area contributed by atoms with Crippen LogP contribution in [0.2, 0.25) is 0 Å². The van der Waals surface area contributed by atoms with Gasteiger partial charge in [-0.25, -0.2) is 9.98 Å². The molecular formula is C42H34N4S. The molecule has 2 aliphatic carbocycles. The summed E-state index contributed by atoms with van der Waals surface area (Å²) in [5.74, 6) is 2.09. The number of thioether (sulfide) groups is 1. The molecule has 2 aliphatic heterocycles. The van der Waals surface area contributed by atoms with Crippen molar-refractivity contribution in [1.29, 1.82) is 0 Å². The summed E-state index contributed by atoms with van der Waals surface area (Å²) < 4.78 is 0. The Morgan fingerprint density at radius 2 is 1.40 bits per heavy atom. The Hall–Kier alpha value is -5.13. The lowest BCUT2D eigenvalue weighted by molar-refractivity contribution is 0.658. The van der Waals surface area contributed by atoms with E-state index in [9.17, 15) is 0 Å². The van der Waals surface area contributed by atoms with Gasteiger partial charge in [0.05, 0.1) is 11.1 Å². The van der Waals surface area contributed by atoms with Crippen LogP contribution in [0, 0.1) is 5.92 Å². The van der Waals surface area contributed by atoms with Crippen LogP contribution in [0.25, 0.3) is 21.5 Å². The van der Waals surface area contributed by atoms with Crippen LogP contribution in [-0.4, -0.2) is 17.0 Å². The van der Waals surface area contributed by atoms with Crippen molar-refractivity contribution in [2.75, 3.05) is 5.32 Å². The van der Waals surface area contributed by atoms with Crippen LogP contribution in [0.1, 0.15) is 42.1 Å². The summed E-state index contributed by atoms with van der Waals surface area (Å²) in [4.78, 5) is 11.5. The summed E-state index contributed by atoms with van der Waals surface area (Å²) in [6.45, 7) is 0. The van der Waals surface area contributed by atoms with E-state index in [0.717, 1.165) is 47.6 Å². The first-order chi connectivity index (χ1) is 23.3. The first-order valence-corrected chi connectivity index (χ1v) is 17.4. The monoisotopic (exact) mass is 626 g/mol. The molecule has 0 amide bonds. The maximum absolute atomic E-state index is 5.11. The summed E-state index contributed by atoms with van der Waals surface area (Å²) in [6.07, 6.45) is 17.1. The molecule has 2 unspecified atom stereocenters. The second-order valence-electron chi connectivity index (χ2n) is 12.5. The van der Waals surface area contributed by atoms with Gasteiger partial charge >= 0.3 is 0 Å². The number of hydrogen-bond acceptors (Lipinski definition) is 5. The number of benzene rings is 5. The molecule has 0 radical (unpaired) electrons. The second-order valence-corrected chi connectivity index (χ2v) is 13.7. The number of anilines is 1. The maximum Gasteiger partial charge on any atom is 0.169 e. The van der Waals surface area contributed by atoms with Crippen LogP contribution in [0.4, 0.5) is 5.69 Å². The summed E-state index contributed by atoms with van der Waals surface area (Å²) in [7, 11) is 0. The highest BCUT2D eigenvalue weighted by atomic mass is 32.2. The minimum absolute atomic E-state index is 0.296. The minimum atomic E-state index is -0.351. The number of rotatable bonds is 5. The van der Waals surface area contributed by atoms with Crippen molar-refractivity contribution in [3.63, 3.8) is 0 Å². The normalized spacial score (nSPS) is 20.6. The summed E-state index contributed by atoms with van der Waals surface area (Å²) >= 11 is 1.97. The fourth-order valence-corrected chi connectivity index (χ4v) is 8.32. The molecule has 0 bridgehead atoms. The zero-order valence-corrected chi connectivity index (χ0v) is 26.8. The Labute approximate surface area is 279 Å². The summed E-state index contributed by atoms with van der Waals surface area (Å²) in [5.41, 5.74) is 7.14. The van der Waals surface area contributed by atoms with E-state index < -0.39 is 0 Å². The molecule has 0 fully saturated rings. The highest BCUT2D eigenvalue weighted by Crippen LogP contribution is 2.48. The topological polar surface area (TPSA) is 48.8 Å². The number of amidine groups is 2. The van der Waals surface area contributed by atoms with Crippen LogP contribution in [0.5, 0.6) is 0 Å². The largest absolute Gasteiger partial charge is 0.371 e. The number of nitrogens with one attached hydrogen (secondary N) is 2. The van der Waals surface area contributed by atoms with Gasteiger partial charge in [0.25, 0.3) is 0 Å².